The lowest BCUT2D eigenvalue weighted by atomic mass is 9.76. The average Bonchev–Trinajstić information content (AvgIpc) is 3.37. The number of ketones is 1. The molecule has 0 bridgehead atoms. The van der Waals surface area contributed by atoms with Crippen LogP contribution in [0.2, 0.25) is 0 Å². The summed E-state index contributed by atoms with van der Waals surface area (Å²) in [7, 11) is 0. The SMILES string of the molecule is Cc1ccc(-n2nc(C)c3c2NC2=C(C(=O)CCC2)[C@H]3c2ccc3c(c2)OCO3)cc1. The van der Waals surface area contributed by atoms with E-state index in [-0.39, 0.29) is 18.5 Å². The monoisotopic (exact) mass is 413 g/mol. The third-order valence-electron chi connectivity index (χ3n) is 6.42. The number of fused-ring (bicyclic) bond motifs is 2. The average molecular weight is 413 g/mol. The molecule has 3 heterocycles. The summed E-state index contributed by atoms with van der Waals surface area (Å²) in [5, 5.41) is 8.47. The zero-order chi connectivity index (χ0) is 21.1. The van der Waals surface area contributed by atoms with Gasteiger partial charge in [0.1, 0.15) is 5.82 Å². The van der Waals surface area contributed by atoms with Crippen LogP contribution in [-0.4, -0.2) is 22.4 Å². The number of ether oxygens (including phenoxy) is 2. The lowest BCUT2D eigenvalue weighted by Gasteiger charge is -2.33. The first-order valence-corrected chi connectivity index (χ1v) is 10.7. The molecule has 3 aliphatic rings. The molecule has 3 aromatic rings. The van der Waals surface area contributed by atoms with Crippen molar-refractivity contribution < 1.29 is 14.3 Å². The molecule has 1 aliphatic carbocycles. The molecule has 0 saturated heterocycles. The van der Waals surface area contributed by atoms with Gasteiger partial charge in [0.2, 0.25) is 6.79 Å². The number of benzene rings is 2. The molecule has 6 rings (SSSR count). The first-order chi connectivity index (χ1) is 15.1. The number of nitrogens with zero attached hydrogens (tertiary/aromatic N) is 2. The molecule has 0 amide bonds. The van der Waals surface area contributed by atoms with Gasteiger partial charge in [-0.1, -0.05) is 23.8 Å². The number of anilines is 1. The Kier molecular flexibility index (Phi) is 3.96. The van der Waals surface area contributed by atoms with Crippen molar-refractivity contribution in [1.82, 2.24) is 9.78 Å². The van der Waals surface area contributed by atoms with Gasteiger partial charge in [0, 0.05) is 29.2 Å². The van der Waals surface area contributed by atoms with Gasteiger partial charge in [0.25, 0.3) is 0 Å². The van der Waals surface area contributed by atoms with Crippen LogP contribution < -0.4 is 14.8 Å². The summed E-state index contributed by atoms with van der Waals surface area (Å²) in [5.41, 5.74) is 7.07. The molecular formula is C25H23N3O3. The molecule has 0 spiro atoms. The van der Waals surface area contributed by atoms with Gasteiger partial charge in [-0.25, -0.2) is 4.68 Å². The van der Waals surface area contributed by atoms with Gasteiger partial charge < -0.3 is 14.8 Å². The van der Waals surface area contributed by atoms with Crippen LogP contribution in [0, 0.1) is 13.8 Å². The second-order valence-electron chi connectivity index (χ2n) is 8.43. The molecule has 156 valence electrons. The Bertz CT molecular complexity index is 1250. The molecule has 2 aliphatic heterocycles. The standard InChI is InChI=1S/C25H23N3O3/c1-14-6-9-17(10-7-14)28-25-22(15(2)27-28)23(24-18(26-25)4-3-5-19(24)29)16-8-11-20-21(12-16)31-13-30-20/h6-12,23,26H,3-5,13H2,1-2H3/t23-/m0/s1. The van der Waals surface area contributed by atoms with Gasteiger partial charge in [-0.2, -0.15) is 5.10 Å². The van der Waals surface area contributed by atoms with Crippen molar-refractivity contribution in [3.63, 3.8) is 0 Å². The number of carbonyl (C=O) groups is 1. The second-order valence-corrected chi connectivity index (χ2v) is 8.43. The van der Waals surface area contributed by atoms with E-state index >= 15 is 0 Å². The number of aromatic nitrogens is 2. The van der Waals surface area contributed by atoms with Crippen LogP contribution in [0.5, 0.6) is 11.5 Å². The van der Waals surface area contributed by atoms with Crippen LogP contribution in [0.4, 0.5) is 5.82 Å². The largest absolute Gasteiger partial charge is 0.454 e. The lowest BCUT2D eigenvalue weighted by molar-refractivity contribution is -0.116. The van der Waals surface area contributed by atoms with Crippen molar-refractivity contribution in [1.29, 1.82) is 0 Å². The fourth-order valence-corrected chi connectivity index (χ4v) is 4.92. The van der Waals surface area contributed by atoms with Gasteiger partial charge in [-0.3, -0.25) is 4.79 Å². The van der Waals surface area contributed by atoms with Crippen molar-refractivity contribution in [3.05, 3.63) is 76.1 Å². The molecule has 6 nitrogen and oxygen atoms in total. The van der Waals surface area contributed by atoms with E-state index in [0.29, 0.717) is 6.42 Å². The Morgan fingerprint density at radius 3 is 2.68 bits per heavy atom. The Hall–Kier alpha value is -3.54. The maximum atomic E-state index is 13.1. The Morgan fingerprint density at radius 1 is 1.03 bits per heavy atom. The van der Waals surface area contributed by atoms with Gasteiger partial charge in [-0.05, 0) is 56.5 Å². The summed E-state index contributed by atoms with van der Waals surface area (Å²) in [6.45, 7) is 4.32. The fraction of sp³-hybridized carbons (Fsp3) is 0.280. The number of nitrogens with one attached hydrogen (secondary N) is 1. The number of hydrogen-bond acceptors (Lipinski definition) is 5. The first-order valence-electron chi connectivity index (χ1n) is 10.7. The van der Waals surface area contributed by atoms with Gasteiger partial charge in [0.15, 0.2) is 17.3 Å². The molecule has 2 aromatic carbocycles. The number of hydrogen-bond donors (Lipinski definition) is 1. The van der Waals surface area contributed by atoms with E-state index in [9.17, 15) is 4.79 Å². The van der Waals surface area contributed by atoms with Gasteiger partial charge in [-0.15, -0.1) is 0 Å². The highest BCUT2D eigenvalue weighted by atomic mass is 16.7. The predicted molar refractivity (Wildman–Crippen MR) is 117 cm³/mol. The minimum atomic E-state index is -0.173. The van der Waals surface area contributed by atoms with Crippen molar-refractivity contribution in [2.45, 2.75) is 39.0 Å². The summed E-state index contributed by atoms with van der Waals surface area (Å²) in [4.78, 5) is 13.1. The summed E-state index contributed by atoms with van der Waals surface area (Å²) < 4.78 is 13.1. The first kappa shape index (κ1) is 18.2. The van der Waals surface area contributed by atoms with Crippen LogP contribution in [-0.2, 0) is 4.79 Å². The van der Waals surface area contributed by atoms with Crippen molar-refractivity contribution >= 4 is 11.6 Å². The Morgan fingerprint density at radius 2 is 1.84 bits per heavy atom. The number of rotatable bonds is 2. The number of allylic oxidation sites excluding steroid dienone is 2. The molecule has 0 radical (unpaired) electrons. The quantitative estimate of drug-likeness (QED) is 0.655. The smallest absolute Gasteiger partial charge is 0.231 e. The minimum absolute atomic E-state index is 0.173. The van der Waals surface area contributed by atoms with E-state index < -0.39 is 0 Å². The predicted octanol–water partition coefficient (Wildman–Crippen LogP) is 4.78. The molecular weight excluding hydrogens is 390 g/mol. The number of carbonyl (C=O) groups excluding carboxylic acids is 1. The van der Waals surface area contributed by atoms with E-state index in [1.54, 1.807) is 0 Å². The summed E-state index contributed by atoms with van der Waals surface area (Å²) in [5.74, 6) is 2.45. The third kappa shape index (κ3) is 2.78. The third-order valence-corrected chi connectivity index (χ3v) is 6.42. The molecule has 31 heavy (non-hydrogen) atoms. The van der Waals surface area contributed by atoms with Crippen molar-refractivity contribution in [3.8, 4) is 17.2 Å². The zero-order valence-corrected chi connectivity index (χ0v) is 17.6. The summed E-state index contributed by atoms with van der Waals surface area (Å²) in [6, 6.07) is 14.3. The van der Waals surface area contributed by atoms with Crippen molar-refractivity contribution in [2.24, 2.45) is 0 Å². The van der Waals surface area contributed by atoms with E-state index in [0.717, 1.165) is 63.9 Å². The van der Waals surface area contributed by atoms with E-state index in [2.05, 4.69) is 36.5 Å². The second kappa shape index (κ2) is 6.74. The van der Waals surface area contributed by atoms with Crippen LogP contribution in [0.3, 0.4) is 0 Å². The molecule has 1 aromatic heterocycles. The van der Waals surface area contributed by atoms with E-state index in [4.69, 9.17) is 14.6 Å². The van der Waals surface area contributed by atoms with Gasteiger partial charge in [0.05, 0.1) is 11.4 Å². The molecule has 1 atom stereocenters. The van der Waals surface area contributed by atoms with E-state index in [1.807, 2.05) is 29.8 Å². The van der Waals surface area contributed by atoms with Crippen LogP contribution >= 0.6 is 0 Å². The normalized spacial score (nSPS) is 19.2. The fourth-order valence-electron chi connectivity index (χ4n) is 4.92. The van der Waals surface area contributed by atoms with Crippen LogP contribution in [0.1, 0.15) is 47.6 Å². The highest BCUT2D eigenvalue weighted by Crippen LogP contribution is 2.48. The number of aryl methyl sites for hydroxylation is 2. The maximum absolute atomic E-state index is 13.1. The summed E-state index contributed by atoms with van der Waals surface area (Å²) in [6.07, 6.45) is 2.31. The molecule has 6 heteroatoms. The van der Waals surface area contributed by atoms with Crippen LogP contribution in [0.25, 0.3) is 5.69 Å². The molecule has 1 N–H and O–H groups in total. The lowest BCUT2D eigenvalue weighted by Crippen LogP contribution is -2.27. The molecule has 0 saturated carbocycles. The van der Waals surface area contributed by atoms with Crippen LogP contribution in [0.15, 0.2) is 53.7 Å². The maximum Gasteiger partial charge on any atom is 0.231 e. The van der Waals surface area contributed by atoms with E-state index in [1.165, 1.54) is 5.56 Å². The highest BCUT2D eigenvalue weighted by molar-refractivity contribution is 6.01. The Balaban J connectivity index is 1.57. The Labute approximate surface area is 180 Å². The topological polar surface area (TPSA) is 65.4 Å². The molecule has 0 unspecified atom stereocenters. The molecule has 0 fully saturated rings. The summed E-state index contributed by atoms with van der Waals surface area (Å²) >= 11 is 0. The highest BCUT2D eigenvalue weighted by Gasteiger charge is 2.39. The minimum Gasteiger partial charge on any atom is -0.454 e. The number of Topliss-reactive ketones (excluding diaryl/α,β-unsaturated/α-hetero) is 1. The zero-order valence-electron chi connectivity index (χ0n) is 17.6. The van der Waals surface area contributed by atoms with Gasteiger partial charge >= 0.3 is 0 Å². The van der Waals surface area contributed by atoms with Crippen molar-refractivity contribution in [2.75, 3.05) is 12.1 Å².